The molecule has 102 valence electrons. The van der Waals surface area contributed by atoms with E-state index in [1.54, 1.807) is 0 Å². The fourth-order valence-corrected chi connectivity index (χ4v) is 2.73. The zero-order valence-corrected chi connectivity index (χ0v) is 10.8. The standard InChI is InChI=1S/C14H19N3O2/c18-11-4-2-10(3-5-11)15-8-9-1-6-12-13(7-9)17-14(19)16-12/h1,6-7,10-11,15,18H,2-5,8H2,(H2,16,17,19). The molecule has 5 nitrogen and oxygen atoms in total. The molecule has 1 fully saturated rings. The highest BCUT2D eigenvalue weighted by Crippen LogP contribution is 2.19. The number of aromatic amines is 2. The summed E-state index contributed by atoms with van der Waals surface area (Å²) in [5.74, 6) is 0. The van der Waals surface area contributed by atoms with Gasteiger partial charge in [-0.2, -0.15) is 0 Å². The largest absolute Gasteiger partial charge is 0.393 e. The number of aromatic nitrogens is 2. The molecule has 1 aromatic carbocycles. The zero-order valence-electron chi connectivity index (χ0n) is 10.8. The van der Waals surface area contributed by atoms with E-state index in [2.05, 4.69) is 15.3 Å². The Labute approximate surface area is 111 Å². The van der Waals surface area contributed by atoms with Crippen LogP contribution in [0.5, 0.6) is 0 Å². The van der Waals surface area contributed by atoms with E-state index >= 15 is 0 Å². The van der Waals surface area contributed by atoms with Gasteiger partial charge in [0.25, 0.3) is 0 Å². The number of H-pyrrole nitrogens is 2. The van der Waals surface area contributed by atoms with Gasteiger partial charge in [-0.05, 0) is 43.4 Å². The third kappa shape index (κ3) is 2.88. The number of hydrogen-bond donors (Lipinski definition) is 4. The molecule has 19 heavy (non-hydrogen) atoms. The monoisotopic (exact) mass is 261 g/mol. The molecule has 1 aromatic heterocycles. The summed E-state index contributed by atoms with van der Waals surface area (Å²) in [6.45, 7) is 0.796. The minimum Gasteiger partial charge on any atom is -0.393 e. The minimum absolute atomic E-state index is 0.112. The van der Waals surface area contributed by atoms with E-state index in [0.29, 0.717) is 6.04 Å². The maximum atomic E-state index is 11.2. The van der Waals surface area contributed by atoms with E-state index < -0.39 is 0 Å². The van der Waals surface area contributed by atoms with Gasteiger partial charge in [0.2, 0.25) is 0 Å². The van der Waals surface area contributed by atoms with Crippen molar-refractivity contribution in [3.8, 4) is 0 Å². The molecule has 1 aliphatic carbocycles. The minimum atomic E-state index is -0.165. The van der Waals surface area contributed by atoms with E-state index in [-0.39, 0.29) is 11.8 Å². The van der Waals surface area contributed by atoms with Crippen LogP contribution in [0.15, 0.2) is 23.0 Å². The van der Waals surface area contributed by atoms with Crippen molar-refractivity contribution in [1.82, 2.24) is 15.3 Å². The Morgan fingerprint density at radius 2 is 1.89 bits per heavy atom. The number of fused-ring (bicyclic) bond motifs is 1. The first-order chi connectivity index (χ1) is 9.20. The van der Waals surface area contributed by atoms with Gasteiger partial charge in [0, 0.05) is 12.6 Å². The predicted molar refractivity (Wildman–Crippen MR) is 74.0 cm³/mol. The van der Waals surface area contributed by atoms with Gasteiger partial charge in [0.1, 0.15) is 0 Å². The van der Waals surface area contributed by atoms with E-state index in [0.717, 1.165) is 48.8 Å². The predicted octanol–water partition coefficient (Wildman–Crippen LogP) is 1.25. The van der Waals surface area contributed by atoms with Crippen LogP contribution in [-0.2, 0) is 6.54 Å². The Kier molecular flexibility index (Phi) is 3.40. The lowest BCUT2D eigenvalue weighted by Gasteiger charge is -2.26. The first kappa shape index (κ1) is 12.4. The second-order valence-corrected chi connectivity index (χ2v) is 5.35. The molecule has 0 spiro atoms. The lowest BCUT2D eigenvalue weighted by atomic mass is 9.93. The first-order valence-corrected chi connectivity index (χ1v) is 6.83. The maximum absolute atomic E-state index is 11.2. The van der Waals surface area contributed by atoms with Crippen LogP contribution in [-0.4, -0.2) is 27.2 Å². The molecule has 1 heterocycles. The van der Waals surface area contributed by atoms with Crippen LogP contribution in [0.25, 0.3) is 11.0 Å². The number of imidazole rings is 1. The Bertz CT molecular complexity index is 608. The summed E-state index contributed by atoms with van der Waals surface area (Å²) in [6.07, 6.45) is 3.73. The lowest BCUT2D eigenvalue weighted by molar-refractivity contribution is 0.116. The average Bonchev–Trinajstić information content (AvgIpc) is 2.77. The number of aliphatic hydroxyl groups excluding tert-OH is 1. The number of benzene rings is 1. The van der Waals surface area contributed by atoms with Crippen LogP contribution in [0.4, 0.5) is 0 Å². The topological polar surface area (TPSA) is 80.9 Å². The Morgan fingerprint density at radius 3 is 2.68 bits per heavy atom. The van der Waals surface area contributed by atoms with Crippen LogP contribution >= 0.6 is 0 Å². The van der Waals surface area contributed by atoms with Crippen molar-refractivity contribution >= 4 is 11.0 Å². The van der Waals surface area contributed by atoms with E-state index in [1.165, 1.54) is 0 Å². The van der Waals surface area contributed by atoms with Gasteiger partial charge in [0.05, 0.1) is 17.1 Å². The fraction of sp³-hybridized carbons (Fsp3) is 0.500. The fourth-order valence-electron chi connectivity index (χ4n) is 2.73. The quantitative estimate of drug-likeness (QED) is 0.671. The number of rotatable bonds is 3. The van der Waals surface area contributed by atoms with Gasteiger partial charge in [-0.25, -0.2) is 4.79 Å². The molecule has 0 saturated heterocycles. The second kappa shape index (κ2) is 5.19. The summed E-state index contributed by atoms with van der Waals surface area (Å²) in [7, 11) is 0. The van der Waals surface area contributed by atoms with Crippen molar-refractivity contribution in [2.75, 3.05) is 0 Å². The third-order valence-corrected chi connectivity index (χ3v) is 3.87. The van der Waals surface area contributed by atoms with Crippen LogP contribution < -0.4 is 11.0 Å². The van der Waals surface area contributed by atoms with Crippen LogP contribution in [0, 0.1) is 0 Å². The van der Waals surface area contributed by atoms with E-state index in [4.69, 9.17) is 0 Å². The van der Waals surface area contributed by atoms with Crippen LogP contribution in [0.1, 0.15) is 31.2 Å². The molecule has 1 saturated carbocycles. The molecule has 0 radical (unpaired) electrons. The summed E-state index contributed by atoms with van der Waals surface area (Å²) in [4.78, 5) is 16.7. The Morgan fingerprint density at radius 1 is 1.16 bits per heavy atom. The van der Waals surface area contributed by atoms with Gasteiger partial charge in [-0.3, -0.25) is 0 Å². The highest BCUT2D eigenvalue weighted by atomic mass is 16.3. The molecule has 4 N–H and O–H groups in total. The molecule has 5 heteroatoms. The normalized spacial score (nSPS) is 23.8. The average molecular weight is 261 g/mol. The van der Waals surface area contributed by atoms with Gasteiger partial charge in [-0.15, -0.1) is 0 Å². The molecule has 0 unspecified atom stereocenters. The second-order valence-electron chi connectivity index (χ2n) is 5.35. The molecule has 0 amide bonds. The Balaban J connectivity index is 1.63. The third-order valence-electron chi connectivity index (χ3n) is 3.87. The molecule has 3 rings (SSSR count). The summed E-state index contributed by atoms with van der Waals surface area (Å²) < 4.78 is 0. The van der Waals surface area contributed by atoms with Gasteiger partial charge < -0.3 is 20.4 Å². The highest BCUT2D eigenvalue weighted by Gasteiger charge is 2.18. The summed E-state index contributed by atoms with van der Waals surface area (Å²) >= 11 is 0. The smallest absolute Gasteiger partial charge is 0.323 e. The zero-order chi connectivity index (χ0) is 13.2. The van der Waals surface area contributed by atoms with E-state index in [9.17, 15) is 9.90 Å². The molecular formula is C14H19N3O2. The number of aliphatic hydroxyl groups is 1. The van der Waals surface area contributed by atoms with Crippen molar-refractivity contribution < 1.29 is 5.11 Å². The number of nitrogens with one attached hydrogen (secondary N) is 3. The van der Waals surface area contributed by atoms with Crippen molar-refractivity contribution in [1.29, 1.82) is 0 Å². The molecule has 0 bridgehead atoms. The summed E-state index contributed by atoms with van der Waals surface area (Å²) in [6, 6.07) is 6.44. The number of hydrogen-bond acceptors (Lipinski definition) is 3. The van der Waals surface area contributed by atoms with Crippen molar-refractivity contribution in [3.63, 3.8) is 0 Å². The van der Waals surface area contributed by atoms with Gasteiger partial charge >= 0.3 is 5.69 Å². The molecule has 1 aliphatic rings. The van der Waals surface area contributed by atoms with Crippen molar-refractivity contribution in [2.24, 2.45) is 0 Å². The highest BCUT2D eigenvalue weighted by molar-refractivity contribution is 5.74. The van der Waals surface area contributed by atoms with E-state index in [1.807, 2.05) is 18.2 Å². The van der Waals surface area contributed by atoms with Gasteiger partial charge in [0.15, 0.2) is 0 Å². The maximum Gasteiger partial charge on any atom is 0.323 e. The van der Waals surface area contributed by atoms with Crippen molar-refractivity contribution in [2.45, 2.75) is 44.4 Å². The summed E-state index contributed by atoms with van der Waals surface area (Å²) in [5, 5.41) is 13.0. The van der Waals surface area contributed by atoms with Crippen LogP contribution in [0.2, 0.25) is 0 Å². The molecule has 0 atom stereocenters. The van der Waals surface area contributed by atoms with Crippen molar-refractivity contribution in [3.05, 3.63) is 34.2 Å². The Hall–Kier alpha value is -1.59. The molecule has 0 aliphatic heterocycles. The van der Waals surface area contributed by atoms with Gasteiger partial charge in [-0.1, -0.05) is 6.07 Å². The SMILES string of the molecule is O=c1[nH]c2ccc(CNC3CCC(O)CC3)cc2[nH]1. The lowest BCUT2D eigenvalue weighted by Crippen LogP contribution is -2.34. The van der Waals surface area contributed by atoms with Crippen LogP contribution in [0.3, 0.4) is 0 Å². The summed E-state index contributed by atoms with van der Waals surface area (Å²) in [5.41, 5.74) is 2.69. The molecular weight excluding hydrogens is 242 g/mol. The first-order valence-electron chi connectivity index (χ1n) is 6.83. The molecule has 2 aromatic rings.